The lowest BCUT2D eigenvalue weighted by Crippen LogP contribution is -2.04. The molecule has 0 atom stereocenters. The van der Waals surface area contributed by atoms with Gasteiger partial charge >= 0.3 is 5.97 Å². The van der Waals surface area contributed by atoms with E-state index in [0.29, 0.717) is 5.65 Å². The molecule has 3 rings (SSSR count). The first-order valence-corrected chi connectivity index (χ1v) is 5.89. The van der Waals surface area contributed by atoms with Gasteiger partial charge in [-0.2, -0.15) is 0 Å². The van der Waals surface area contributed by atoms with Crippen LogP contribution < -0.4 is 0 Å². The summed E-state index contributed by atoms with van der Waals surface area (Å²) in [6.07, 6.45) is 1.64. The van der Waals surface area contributed by atoms with E-state index in [9.17, 15) is 9.18 Å². The maximum Gasteiger partial charge on any atom is 0.341 e. The number of benzene rings is 1. The third-order valence-electron chi connectivity index (χ3n) is 2.88. The van der Waals surface area contributed by atoms with E-state index in [4.69, 9.17) is 0 Å². The van der Waals surface area contributed by atoms with Crippen molar-refractivity contribution < 1.29 is 13.9 Å². The Morgan fingerprint density at radius 3 is 2.80 bits per heavy atom. The van der Waals surface area contributed by atoms with Crippen molar-refractivity contribution in [2.45, 2.75) is 0 Å². The minimum Gasteiger partial charge on any atom is -0.465 e. The minimum absolute atomic E-state index is 0.222. The average Bonchev–Trinajstić information content (AvgIpc) is 2.90. The molecule has 6 heteroatoms. The SMILES string of the molecule is COC(=O)c1cccn2nc(-c3ccccc3F)nc12. The third-order valence-corrected chi connectivity index (χ3v) is 2.88. The molecule has 0 fully saturated rings. The first kappa shape index (κ1) is 12.3. The van der Waals surface area contributed by atoms with Crippen LogP contribution in [-0.2, 0) is 4.74 Å². The molecule has 0 aliphatic rings. The first-order chi connectivity index (χ1) is 9.70. The summed E-state index contributed by atoms with van der Waals surface area (Å²) in [6, 6.07) is 9.45. The standard InChI is InChI=1S/C14H10FN3O2/c1-20-14(19)10-6-4-8-18-13(10)16-12(17-18)9-5-2-3-7-11(9)15/h2-8H,1H3. The van der Waals surface area contributed by atoms with Gasteiger partial charge in [-0.15, -0.1) is 5.10 Å². The summed E-state index contributed by atoms with van der Waals surface area (Å²) in [6.45, 7) is 0. The summed E-state index contributed by atoms with van der Waals surface area (Å²) in [5.41, 5.74) is 0.898. The Labute approximate surface area is 113 Å². The quantitative estimate of drug-likeness (QED) is 0.671. The zero-order valence-corrected chi connectivity index (χ0v) is 10.6. The van der Waals surface area contributed by atoms with Crippen molar-refractivity contribution >= 4 is 11.6 Å². The normalized spacial score (nSPS) is 10.7. The number of esters is 1. The largest absolute Gasteiger partial charge is 0.465 e. The van der Waals surface area contributed by atoms with Crippen LogP contribution in [0, 0.1) is 5.82 Å². The van der Waals surface area contributed by atoms with E-state index in [0.717, 1.165) is 0 Å². The van der Waals surface area contributed by atoms with Crippen LogP contribution in [0.25, 0.3) is 17.0 Å². The van der Waals surface area contributed by atoms with Gasteiger partial charge in [-0.25, -0.2) is 18.7 Å². The molecule has 0 amide bonds. The zero-order valence-electron chi connectivity index (χ0n) is 10.6. The predicted octanol–water partition coefficient (Wildman–Crippen LogP) is 2.32. The van der Waals surface area contributed by atoms with Crippen molar-refractivity contribution in [3.63, 3.8) is 0 Å². The van der Waals surface area contributed by atoms with E-state index in [1.54, 1.807) is 36.5 Å². The number of fused-ring (bicyclic) bond motifs is 1. The first-order valence-electron chi connectivity index (χ1n) is 5.89. The fraction of sp³-hybridized carbons (Fsp3) is 0.0714. The van der Waals surface area contributed by atoms with Crippen LogP contribution in [0.1, 0.15) is 10.4 Å². The second kappa shape index (κ2) is 4.73. The molecule has 0 aliphatic carbocycles. The topological polar surface area (TPSA) is 56.5 Å². The van der Waals surface area contributed by atoms with Gasteiger partial charge in [0.2, 0.25) is 0 Å². The number of hydrogen-bond acceptors (Lipinski definition) is 4. The van der Waals surface area contributed by atoms with Gasteiger partial charge in [0.25, 0.3) is 0 Å². The highest BCUT2D eigenvalue weighted by molar-refractivity contribution is 5.95. The zero-order chi connectivity index (χ0) is 14.1. The molecule has 100 valence electrons. The molecule has 3 aromatic rings. The number of carbonyl (C=O) groups is 1. The summed E-state index contributed by atoms with van der Waals surface area (Å²) in [4.78, 5) is 15.9. The third kappa shape index (κ3) is 1.91. The second-order valence-electron chi connectivity index (χ2n) is 4.10. The highest BCUT2D eigenvalue weighted by Gasteiger charge is 2.16. The van der Waals surface area contributed by atoms with Crippen LogP contribution in [-0.4, -0.2) is 27.7 Å². The number of carbonyl (C=O) groups excluding carboxylic acids is 1. The molecule has 0 aliphatic heterocycles. The van der Waals surface area contributed by atoms with E-state index in [-0.39, 0.29) is 17.0 Å². The number of nitrogens with zero attached hydrogens (tertiary/aromatic N) is 3. The van der Waals surface area contributed by atoms with E-state index in [1.165, 1.54) is 17.7 Å². The molecule has 1 aromatic carbocycles. The Morgan fingerprint density at radius 2 is 2.05 bits per heavy atom. The lowest BCUT2D eigenvalue weighted by Gasteiger charge is -1.99. The summed E-state index contributed by atoms with van der Waals surface area (Å²) in [5.74, 6) is -0.703. The number of rotatable bonds is 2. The number of pyridine rings is 1. The van der Waals surface area contributed by atoms with Crippen LogP contribution in [0.3, 0.4) is 0 Å². The molecule has 2 aromatic heterocycles. The summed E-state index contributed by atoms with van der Waals surface area (Å²) >= 11 is 0. The fourth-order valence-electron chi connectivity index (χ4n) is 1.93. The molecule has 0 saturated heterocycles. The van der Waals surface area contributed by atoms with Crippen LogP contribution >= 0.6 is 0 Å². The van der Waals surface area contributed by atoms with Crippen molar-refractivity contribution in [1.82, 2.24) is 14.6 Å². The Balaban J connectivity index is 2.21. The molecule has 5 nitrogen and oxygen atoms in total. The van der Waals surface area contributed by atoms with Gasteiger partial charge in [0.1, 0.15) is 11.4 Å². The van der Waals surface area contributed by atoms with Crippen molar-refractivity contribution in [3.05, 3.63) is 54.0 Å². The van der Waals surface area contributed by atoms with Crippen LogP contribution in [0.4, 0.5) is 4.39 Å². The monoisotopic (exact) mass is 271 g/mol. The maximum absolute atomic E-state index is 13.7. The van der Waals surface area contributed by atoms with E-state index in [1.807, 2.05) is 0 Å². The number of hydrogen-bond donors (Lipinski definition) is 0. The molecule has 0 saturated carbocycles. The van der Waals surface area contributed by atoms with E-state index in [2.05, 4.69) is 14.8 Å². The van der Waals surface area contributed by atoms with Gasteiger partial charge < -0.3 is 4.74 Å². The molecular formula is C14H10FN3O2. The minimum atomic E-state index is -0.511. The molecule has 0 bridgehead atoms. The van der Waals surface area contributed by atoms with Gasteiger partial charge in [-0.05, 0) is 24.3 Å². The van der Waals surface area contributed by atoms with Gasteiger partial charge in [-0.1, -0.05) is 12.1 Å². The summed E-state index contributed by atoms with van der Waals surface area (Å²) in [5, 5.41) is 4.18. The number of aromatic nitrogens is 3. The van der Waals surface area contributed by atoms with Gasteiger partial charge in [-0.3, -0.25) is 0 Å². The maximum atomic E-state index is 13.7. The smallest absolute Gasteiger partial charge is 0.341 e. The molecule has 0 radical (unpaired) electrons. The van der Waals surface area contributed by atoms with E-state index < -0.39 is 11.8 Å². The molecule has 20 heavy (non-hydrogen) atoms. The lowest BCUT2D eigenvalue weighted by atomic mass is 10.2. The van der Waals surface area contributed by atoms with Crippen LogP contribution in [0.5, 0.6) is 0 Å². The Bertz CT molecular complexity index is 798. The van der Waals surface area contributed by atoms with Crippen LogP contribution in [0.2, 0.25) is 0 Å². The Kier molecular flexibility index (Phi) is 2.90. The highest BCUT2D eigenvalue weighted by Crippen LogP contribution is 2.21. The lowest BCUT2D eigenvalue weighted by molar-refractivity contribution is 0.0602. The van der Waals surface area contributed by atoms with Crippen LogP contribution in [0.15, 0.2) is 42.6 Å². The second-order valence-corrected chi connectivity index (χ2v) is 4.10. The van der Waals surface area contributed by atoms with Gasteiger partial charge in [0, 0.05) is 6.20 Å². The Hall–Kier alpha value is -2.76. The van der Waals surface area contributed by atoms with E-state index >= 15 is 0 Å². The summed E-state index contributed by atoms with van der Waals surface area (Å²) in [7, 11) is 1.29. The summed E-state index contributed by atoms with van der Waals surface area (Å²) < 4.78 is 19.9. The number of halogens is 1. The van der Waals surface area contributed by atoms with Crippen molar-refractivity contribution in [2.75, 3.05) is 7.11 Å². The van der Waals surface area contributed by atoms with Gasteiger partial charge in [0.15, 0.2) is 11.5 Å². The van der Waals surface area contributed by atoms with Crippen molar-refractivity contribution in [3.8, 4) is 11.4 Å². The molecule has 0 spiro atoms. The highest BCUT2D eigenvalue weighted by atomic mass is 19.1. The number of ether oxygens (including phenoxy) is 1. The predicted molar refractivity (Wildman–Crippen MR) is 69.7 cm³/mol. The molecule has 0 N–H and O–H groups in total. The Morgan fingerprint density at radius 1 is 1.25 bits per heavy atom. The van der Waals surface area contributed by atoms with Crippen molar-refractivity contribution in [2.24, 2.45) is 0 Å². The molecular weight excluding hydrogens is 261 g/mol. The molecule has 0 unspecified atom stereocenters. The number of methoxy groups -OCH3 is 1. The fourth-order valence-corrected chi connectivity index (χ4v) is 1.93. The average molecular weight is 271 g/mol. The van der Waals surface area contributed by atoms with Gasteiger partial charge in [0.05, 0.1) is 12.7 Å². The van der Waals surface area contributed by atoms with Crippen molar-refractivity contribution in [1.29, 1.82) is 0 Å². The molecule has 2 heterocycles.